The number of carbonyl (C=O) groups excluding carboxylic acids is 4. The number of carbonyl (C=O) groups is 4. The molecule has 0 aromatic heterocycles. The first-order valence-electron chi connectivity index (χ1n) is 21.9. The van der Waals surface area contributed by atoms with E-state index in [0.29, 0.717) is 36.5 Å². The highest BCUT2D eigenvalue weighted by Crippen LogP contribution is 2.61. The summed E-state index contributed by atoms with van der Waals surface area (Å²) in [6.07, 6.45) is 14.7. The van der Waals surface area contributed by atoms with Crippen LogP contribution in [0.2, 0.25) is 0 Å². The van der Waals surface area contributed by atoms with Crippen molar-refractivity contribution in [1.82, 2.24) is 0 Å². The Morgan fingerprint density at radius 1 is 0.623 bits per heavy atom. The average Bonchev–Trinajstić information content (AvgIpc) is 3.34. The zero-order chi connectivity index (χ0) is 41.0. The van der Waals surface area contributed by atoms with Crippen molar-refractivity contribution >= 4 is 23.9 Å². The Morgan fingerprint density at radius 2 is 1.02 bits per heavy atom. The first-order chi connectivity index (χ1) is 25.3. The molecule has 8 aliphatic carbocycles. The van der Waals surface area contributed by atoms with Gasteiger partial charge in [-0.15, -0.1) is 0 Å². The average molecular weight is 869 g/mol. The molecule has 9 aliphatic rings. The minimum Gasteiger partial charge on any atom is -0.461 e. The third-order valence-corrected chi connectivity index (χ3v) is 15.8. The van der Waals surface area contributed by atoms with Gasteiger partial charge in [-0.1, -0.05) is 79.2 Å². The van der Waals surface area contributed by atoms with Crippen LogP contribution in [-0.2, 0) is 38.1 Å². The molecular formula is C52H100O9. The minimum atomic E-state index is -0.555. The molecule has 0 spiro atoms. The Hall–Kier alpha value is -2.16. The van der Waals surface area contributed by atoms with Crippen molar-refractivity contribution < 1.29 is 43.2 Å². The summed E-state index contributed by atoms with van der Waals surface area (Å²) in [6, 6.07) is 0. The maximum atomic E-state index is 12.5. The van der Waals surface area contributed by atoms with Gasteiger partial charge in [-0.2, -0.15) is 0 Å². The van der Waals surface area contributed by atoms with Crippen molar-refractivity contribution in [2.45, 2.75) is 247 Å². The molecule has 1 saturated heterocycles. The van der Waals surface area contributed by atoms with Gasteiger partial charge in [0.05, 0.1) is 28.3 Å². The Balaban J connectivity index is 0. The maximum Gasteiger partial charge on any atom is 0.312 e. The molecule has 0 aromatic rings. The SMILES string of the molecule is C.C.C.C.C.C.CCC(C)(C)C(=O)OC1(C)C2CC3CC(C2)CC1C3.CCC(C)(C)C(=O)OC12CC3CC(CC(O)(C3)C1)C2.CCC(C)(C)C(=O)OCC1OC(=O)CC1(C)C. The van der Waals surface area contributed by atoms with Crippen LogP contribution in [-0.4, -0.2) is 58.5 Å². The number of ether oxygens (including phenoxy) is 4. The summed E-state index contributed by atoms with van der Waals surface area (Å²) in [6.45, 7) is 23.9. The molecule has 3 atom stereocenters. The smallest absolute Gasteiger partial charge is 0.312 e. The molecule has 9 rings (SSSR count). The van der Waals surface area contributed by atoms with Crippen molar-refractivity contribution in [3.8, 4) is 0 Å². The van der Waals surface area contributed by atoms with Gasteiger partial charge in [-0.3, -0.25) is 19.2 Å². The molecule has 8 saturated carbocycles. The first-order valence-corrected chi connectivity index (χ1v) is 21.9. The third-order valence-electron chi connectivity index (χ3n) is 15.8. The van der Waals surface area contributed by atoms with Gasteiger partial charge in [0.2, 0.25) is 0 Å². The van der Waals surface area contributed by atoms with Crippen LogP contribution in [0.1, 0.15) is 224 Å². The Labute approximate surface area is 376 Å². The lowest BCUT2D eigenvalue weighted by Gasteiger charge is -2.59. The summed E-state index contributed by atoms with van der Waals surface area (Å²) in [5.74, 6) is 3.70. The quantitative estimate of drug-likeness (QED) is 0.169. The van der Waals surface area contributed by atoms with Crippen molar-refractivity contribution in [2.75, 3.05) is 6.61 Å². The second-order valence-electron chi connectivity index (χ2n) is 22.1. The van der Waals surface area contributed by atoms with Gasteiger partial charge in [0, 0.05) is 11.8 Å². The lowest BCUT2D eigenvalue weighted by molar-refractivity contribution is -0.225. The third kappa shape index (κ3) is 13.2. The van der Waals surface area contributed by atoms with E-state index in [2.05, 4.69) is 13.8 Å². The summed E-state index contributed by atoms with van der Waals surface area (Å²) in [5.41, 5.74) is -2.57. The molecule has 0 amide bonds. The molecule has 0 aromatic carbocycles. The lowest BCUT2D eigenvalue weighted by atomic mass is 9.50. The molecule has 61 heavy (non-hydrogen) atoms. The topological polar surface area (TPSA) is 125 Å². The van der Waals surface area contributed by atoms with Gasteiger partial charge in [0.15, 0.2) is 0 Å². The zero-order valence-corrected chi connectivity index (χ0v) is 36.6. The molecule has 8 bridgehead atoms. The Bertz CT molecular complexity index is 1400. The number of esters is 4. The number of rotatable bonds is 10. The number of cyclic esters (lactones) is 1. The summed E-state index contributed by atoms with van der Waals surface area (Å²) < 4.78 is 22.5. The highest BCUT2D eigenvalue weighted by molar-refractivity contribution is 5.77. The molecular weight excluding hydrogens is 769 g/mol. The molecule has 1 N–H and O–H groups in total. The van der Waals surface area contributed by atoms with Gasteiger partial charge in [0.25, 0.3) is 0 Å². The van der Waals surface area contributed by atoms with E-state index >= 15 is 0 Å². The fraction of sp³-hybridized carbons (Fsp3) is 0.923. The van der Waals surface area contributed by atoms with Crippen molar-refractivity contribution in [3.63, 3.8) is 0 Å². The summed E-state index contributed by atoms with van der Waals surface area (Å²) in [5, 5.41) is 10.6. The van der Waals surface area contributed by atoms with Crippen molar-refractivity contribution in [3.05, 3.63) is 0 Å². The standard InChI is InChI=1S/C17H28O2.C16H26O3.C13H22O4.6CH4/c1-5-16(2,3)15(18)19-17(4)13-7-11-6-12(9-13)10-14(17)8-11;1-4-14(2,3)13(17)19-16-8-11-5-12(9-16)7-15(18,6-11)10-16;1-6-12(2,3)11(15)16-8-9-13(4,5)7-10(14)17-9;;;;;;/h11-14H,5-10H2,1-4H3;11-12,18H,4-10H2,1-3H3;9H,6-8H2,1-5H3;6*1H4. The van der Waals surface area contributed by atoms with Gasteiger partial charge in [-0.05, 0) is 167 Å². The van der Waals surface area contributed by atoms with E-state index in [4.69, 9.17) is 18.9 Å². The van der Waals surface area contributed by atoms with Gasteiger partial charge >= 0.3 is 23.9 Å². The van der Waals surface area contributed by atoms with Crippen molar-refractivity contribution in [2.24, 2.45) is 57.2 Å². The molecule has 362 valence electrons. The molecule has 1 heterocycles. The number of aliphatic hydroxyl groups is 1. The minimum absolute atomic E-state index is 0. The van der Waals surface area contributed by atoms with Crippen LogP contribution < -0.4 is 0 Å². The normalized spacial score (nSPS) is 34.2. The molecule has 9 fully saturated rings. The van der Waals surface area contributed by atoms with E-state index in [1.165, 1.54) is 38.5 Å². The zero-order valence-electron chi connectivity index (χ0n) is 36.6. The van der Waals surface area contributed by atoms with Crippen LogP contribution in [0.25, 0.3) is 0 Å². The molecule has 1 aliphatic heterocycles. The fourth-order valence-electron chi connectivity index (χ4n) is 11.1. The Kier molecular flexibility index (Phi) is 21.7. The van der Waals surface area contributed by atoms with E-state index in [1.807, 2.05) is 69.2 Å². The second kappa shape index (κ2) is 21.7. The van der Waals surface area contributed by atoms with Gasteiger partial charge in [-0.25, -0.2) is 0 Å². The molecule has 9 nitrogen and oxygen atoms in total. The van der Waals surface area contributed by atoms with Crippen LogP contribution in [0.5, 0.6) is 0 Å². The van der Waals surface area contributed by atoms with Crippen LogP contribution in [0.4, 0.5) is 0 Å². The summed E-state index contributed by atoms with van der Waals surface area (Å²) >= 11 is 0. The van der Waals surface area contributed by atoms with E-state index in [9.17, 15) is 24.3 Å². The highest BCUT2D eigenvalue weighted by Gasteiger charge is 2.60. The van der Waals surface area contributed by atoms with Gasteiger partial charge in [0.1, 0.15) is 23.9 Å². The van der Waals surface area contributed by atoms with Crippen LogP contribution >= 0.6 is 0 Å². The van der Waals surface area contributed by atoms with Crippen LogP contribution in [0.3, 0.4) is 0 Å². The highest BCUT2D eigenvalue weighted by atomic mass is 16.6. The predicted molar refractivity (Wildman–Crippen MR) is 252 cm³/mol. The maximum absolute atomic E-state index is 12.5. The molecule has 9 heteroatoms. The first kappa shape index (κ1) is 60.9. The van der Waals surface area contributed by atoms with Gasteiger partial charge < -0.3 is 24.1 Å². The monoisotopic (exact) mass is 869 g/mol. The number of hydrogen-bond acceptors (Lipinski definition) is 9. The predicted octanol–water partition coefficient (Wildman–Crippen LogP) is 13.4. The Morgan fingerprint density at radius 3 is 1.39 bits per heavy atom. The van der Waals surface area contributed by atoms with E-state index in [1.54, 1.807) is 0 Å². The summed E-state index contributed by atoms with van der Waals surface area (Å²) in [4.78, 5) is 47.8. The van der Waals surface area contributed by atoms with Crippen LogP contribution in [0, 0.1) is 57.2 Å². The molecule has 3 unspecified atom stereocenters. The number of hydrogen-bond donors (Lipinski definition) is 1. The lowest BCUT2D eigenvalue weighted by Crippen LogP contribution is -2.61. The van der Waals surface area contributed by atoms with Crippen molar-refractivity contribution in [1.29, 1.82) is 0 Å². The fourth-order valence-corrected chi connectivity index (χ4v) is 11.1. The largest absolute Gasteiger partial charge is 0.461 e. The second-order valence-corrected chi connectivity index (χ2v) is 22.1. The van der Waals surface area contributed by atoms with Crippen LogP contribution in [0.15, 0.2) is 0 Å². The molecule has 0 radical (unpaired) electrons. The van der Waals surface area contributed by atoms with E-state index < -0.39 is 16.4 Å². The summed E-state index contributed by atoms with van der Waals surface area (Å²) in [7, 11) is 0. The van der Waals surface area contributed by atoms with E-state index in [-0.39, 0.29) is 103 Å². The van der Waals surface area contributed by atoms with E-state index in [0.717, 1.165) is 56.8 Å².